The van der Waals surface area contributed by atoms with Crippen molar-refractivity contribution in [3.63, 3.8) is 0 Å². The van der Waals surface area contributed by atoms with Crippen LogP contribution in [0.15, 0.2) is 99.7 Å². The van der Waals surface area contributed by atoms with Crippen LogP contribution in [0, 0.1) is 20.8 Å². The van der Waals surface area contributed by atoms with Gasteiger partial charge < -0.3 is 4.74 Å². The molecule has 0 amide bonds. The van der Waals surface area contributed by atoms with E-state index >= 15 is 0 Å². The summed E-state index contributed by atoms with van der Waals surface area (Å²) in [6.07, 6.45) is 2.25. The van der Waals surface area contributed by atoms with Gasteiger partial charge in [-0.3, -0.25) is 9.80 Å². The third kappa shape index (κ3) is 5.16. The number of esters is 1. The third-order valence-electron chi connectivity index (χ3n) is 8.02. The fraction of sp³-hybridized carbons (Fsp3) is 0.286. The molecule has 3 aliphatic rings. The molecule has 0 saturated heterocycles. The van der Waals surface area contributed by atoms with Crippen LogP contribution in [0.2, 0.25) is 0 Å². The largest absolute Gasteiger partial charge is 0.460 e. The fourth-order valence-electron chi connectivity index (χ4n) is 5.73. The van der Waals surface area contributed by atoms with Gasteiger partial charge in [0.25, 0.3) is 0 Å². The molecule has 0 aromatic heterocycles. The number of guanidine groups is 1. The number of hydrogen-bond acceptors (Lipinski definition) is 7. The Kier molecular flexibility index (Phi) is 7.52. The number of likely N-dealkylation sites (N-methyl/N-ethyl adjacent to an activating group) is 1. The highest BCUT2D eigenvalue weighted by atomic mass is 16.5. The minimum atomic E-state index is -0.459. The van der Waals surface area contributed by atoms with Gasteiger partial charge in [-0.2, -0.15) is 5.01 Å². The summed E-state index contributed by atoms with van der Waals surface area (Å²) >= 11 is 0. The number of benzene rings is 3. The van der Waals surface area contributed by atoms with E-state index in [2.05, 4.69) is 87.2 Å². The first-order chi connectivity index (χ1) is 20.4. The Labute approximate surface area is 248 Å². The van der Waals surface area contributed by atoms with Crippen molar-refractivity contribution in [3.05, 3.63) is 117 Å². The second-order valence-electron chi connectivity index (χ2n) is 11.1. The molecule has 0 N–H and O–H groups in total. The first-order valence-corrected chi connectivity index (χ1v) is 14.7. The first-order valence-electron chi connectivity index (χ1n) is 14.7. The van der Waals surface area contributed by atoms with E-state index in [0.717, 1.165) is 58.9 Å². The molecule has 214 valence electrons. The van der Waals surface area contributed by atoms with Crippen LogP contribution in [0.3, 0.4) is 0 Å². The smallest absolute Gasteiger partial charge is 0.376 e. The SMILES string of the molecule is CCOC(=O)C1=NN(c2ccc(C)cc2)C2=NC3=C(CN(CC)C/C3=C\c3ccc(C)cc3)C(c3ccc(C)cc3)N12. The predicted molar refractivity (Wildman–Crippen MR) is 169 cm³/mol. The molecule has 0 aliphatic carbocycles. The van der Waals surface area contributed by atoms with Crippen molar-refractivity contribution in [2.75, 3.05) is 31.3 Å². The van der Waals surface area contributed by atoms with E-state index in [1.807, 2.05) is 36.1 Å². The second-order valence-corrected chi connectivity index (χ2v) is 11.1. The molecule has 3 heterocycles. The predicted octanol–water partition coefficient (Wildman–Crippen LogP) is 6.39. The molecule has 3 aromatic carbocycles. The minimum Gasteiger partial charge on any atom is -0.460 e. The van der Waals surface area contributed by atoms with E-state index in [9.17, 15) is 4.79 Å². The summed E-state index contributed by atoms with van der Waals surface area (Å²) in [6, 6.07) is 25.0. The van der Waals surface area contributed by atoms with Crippen molar-refractivity contribution in [2.45, 2.75) is 40.7 Å². The van der Waals surface area contributed by atoms with Gasteiger partial charge in [0.05, 0.1) is 24.0 Å². The normalized spacial score (nSPS) is 19.5. The van der Waals surface area contributed by atoms with Gasteiger partial charge in [-0.15, -0.1) is 5.10 Å². The molecular formula is C35H37N5O2. The number of hydrazone groups is 1. The summed E-state index contributed by atoms with van der Waals surface area (Å²) in [7, 11) is 0. The Balaban J connectivity index is 1.58. The molecular weight excluding hydrogens is 522 g/mol. The van der Waals surface area contributed by atoms with Crippen molar-refractivity contribution in [1.82, 2.24) is 9.80 Å². The maximum Gasteiger partial charge on any atom is 0.376 e. The topological polar surface area (TPSA) is 60.7 Å². The van der Waals surface area contributed by atoms with Crippen molar-refractivity contribution >= 4 is 29.5 Å². The van der Waals surface area contributed by atoms with E-state index < -0.39 is 5.97 Å². The lowest BCUT2D eigenvalue weighted by Crippen LogP contribution is -2.49. The second kappa shape index (κ2) is 11.4. The standard InChI is InChI=1S/C35H37N5O2/c1-6-38-21-28(20-26-14-8-23(3)9-15-26)31-30(22-38)32(27-16-10-24(4)11-17-27)39-33(34(41)42-7-2)37-40(35(39)36-31)29-18-12-25(5)13-19-29/h8-20,32H,6-7,21-22H2,1-5H3/b28-20+. The van der Waals surface area contributed by atoms with E-state index in [-0.39, 0.29) is 18.5 Å². The van der Waals surface area contributed by atoms with Crippen LogP contribution < -0.4 is 5.01 Å². The number of amidine groups is 1. The van der Waals surface area contributed by atoms with Gasteiger partial charge in [0, 0.05) is 13.1 Å². The van der Waals surface area contributed by atoms with E-state index in [4.69, 9.17) is 14.8 Å². The van der Waals surface area contributed by atoms with Crippen LogP contribution >= 0.6 is 0 Å². The van der Waals surface area contributed by atoms with Gasteiger partial charge in [-0.1, -0.05) is 84.3 Å². The number of ether oxygens (including phenoxy) is 1. The average molecular weight is 560 g/mol. The van der Waals surface area contributed by atoms with Gasteiger partial charge in [0.1, 0.15) is 0 Å². The van der Waals surface area contributed by atoms with Gasteiger partial charge in [-0.25, -0.2) is 9.79 Å². The number of aryl methyl sites for hydroxylation is 3. The minimum absolute atomic E-state index is 0.242. The van der Waals surface area contributed by atoms with Crippen molar-refractivity contribution < 1.29 is 9.53 Å². The number of rotatable bonds is 6. The zero-order valence-corrected chi connectivity index (χ0v) is 25.0. The molecule has 0 fully saturated rings. The molecule has 0 saturated carbocycles. The molecule has 1 unspecified atom stereocenters. The molecule has 0 bridgehead atoms. The molecule has 7 heteroatoms. The molecule has 0 spiro atoms. The number of carbonyl (C=O) groups excluding carboxylic acids is 1. The summed E-state index contributed by atoms with van der Waals surface area (Å²) in [4.78, 5) is 23.2. The quantitative estimate of drug-likeness (QED) is 0.328. The first kappa shape index (κ1) is 27.7. The number of aliphatic imine (C=N–C) groups is 1. The Hall–Kier alpha value is -4.49. The van der Waals surface area contributed by atoms with Crippen molar-refractivity contribution in [2.24, 2.45) is 10.1 Å². The monoisotopic (exact) mass is 559 g/mol. The summed E-state index contributed by atoms with van der Waals surface area (Å²) in [5.74, 6) is 0.386. The lowest BCUT2D eigenvalue weighted by atomic mass is 9.87. The maximum atomic E-state index is 13.5. The average Bonchev–Trinajstić information content (AvgIpc) is 3.37. The van der Waals surface area contributed by atoms with Crippen LogP contribution in [0.25, 0.3) is 6.08 Å². The number of fused-ring (bicyclic) bond motifs is 1. The highest BCUT2D eigenvalue weighted by Crippen LogP contribution is 2.44. The van der Waals surface area contributed by atoms with Gasteiger partial charge in [0.2, 0.25) is 11.8 Å². The van der Waals surface area contributed by atoms with Crippen molar-refractivity contribution in [1.29, 1.82) is 0 Å². The Morgan fingerprint density at radius 1 is 0.881 bits per heavy atom. The van der Waals surface area contributed by atoms with Crippen LogP contribution in [-0.2, 0) is 9.53 Å². The van der Waals surface area contributed by atoms with Gasteiger partial charge in [0.15, 0.2) is 0 Å². The zero-order chi connectivity index (χ0) is 29.4. The number of anilines is 1. The Morgan fingerprint density at radius 2 is 1.50 bits per heavy atom. The summed E-state index contributed by atoms with van der Waals surface area (Å²) < 4.78 is 5.54. The number of carbonyl (C=O) groups is 1. The Morgan fingerprint density at radius 3 is 2.12 bits per heavy atom. The lowest BCUT2D eigenvalue weighted by molar-refractivity contribution is -0.135. The highest BCUT2D eigenvalue weighted by Gasteiger charge is 2.47. The van der Waals surface area contributed by atoms with Crippen LogP contribution in [-0.4, -0.2) is 53.8 Å². The lowest BCUT2D eigenvalue weighted by Gasteiger charge is -2.41. The number of hydrogen-bond donors (Lipinski definition) is 0. The van der Waals surface area contributed by atoms with E-state index in [0.29, 0.717) is 5.96 Å². The molecule has 1 atom stereocenters. The van der Waals surface area contributed by atoms with E-state index in [1.165, 1.54) is 11.1 Å². The van der Waals surface area contributed by atoms with Crippen LogP contribution in [0.1, 0.15) is 47.7 Å². The highest BCUT2D eigenvalue weighted by molar-refractivity contribution is 6.41. The zero-order valence-electron chi connectivity index (χ0n) is 25.0. The summed E-state index contributed by atoms with van der Waals surface area (Å²) in [5, 5.41) is 6.66. The van der Waals surface area contributed by atoms with Crippen LogP contribution in [0.5, 0.6) is 0 Å². The fourth-order valence-corrected chi connectivity index (χ4v) is 5.73. The number of nitrogens with zero attached hydrogens (tertiary/aromatic N) is 5. The molecule has 7 nitrogen and oxygen atoms in total. The van der Waals surface area contributed by atoms with Crippen LogP contribution in [0.4, 0.5) is 5.69 Å². The molecule has 6 rings (SSSR count). The maximum absolute atomic E-state index is 13.5. The molecule has 3 aromatic rings. The third-order valence-corrected chi connectivity index (χ3v) is 8.02. The van der Waals surface area contributed by atoms with Gasteiger partial charge in [-0.05, 0) is 74.7 Å². The van der Waals surface area contributed by atoms with Gasteiger partial charge >= 0.3 is 5.97 Å². The molecule has 42 heavy (non-hydrogen) atoms. The summed E-state index contributed by atoms with van der Waals surface area (Å²) in [5.41, 5.74) is 9.88. The van der Waals surface area contributed by atoms with E-state index in [1.54, 1.807) is 5.01 Å². The Bertz CT molecular complexity index is 1620. The summed E-state index contributed by atoms with van der Waals surface area (Å²) in [6.45, 7) is 12.9. The molecule has 0 radical (unpaired) electrons. The molecule has 3 aliphatic heterocycles. The van der Waals surface area contributed by atoms with Crippen molar-refractivity contribution in [3.8, 4) is 0 Å².